The van der Waals surface area contributed by atoms with Crippen molar-refractivity contribution in [1.82, 2.24) is 15.1 Å². The summed E-state index contributed by atoms with van der Waals surface area (Å²) >= 11 is 0. The molecule has 134 valence electrons. The van der Waals surface area contributed by atoms with Gasteiger partial charge in [0.25, 0.3) is 5.91 Å². The highest BCUT2D eigenvalue weighted by atomic mass is 16.4. The molecule has 2 rings (SSSR count). The van der Waals surface area contributed by atoms with Gasteiger partial charge in [0.15, 0.2) is 0 Å². The number of rotatable bonds is 8. The highest BCUT2D eigenvalue weighted by molar-refractivity contribution is 5.92. The first-order valence-electron chi connectivity index (χ1n) is 9.03. The molecule has 6 heteroatoms. The Morgan fingerprint density at radius 1 is 1.33 bits per heavy atom. The summed E-state index contributed by atoms with van der Waals surface area (Å²) in [5, 5.41) is 16.3. The molecule has 1 saturated carbocycles. The topological polar surface area (TPSA) is 84.2 Å². The number of carboxylic acid groups (broad SMARTS) is 1. The molecular weight excluding hydrogens is 306 g/mol. The fraction of sp³-hybridized carbons (Fsp3) is 0.722. The van der Waals surface area contributed by atoms with Gasteiger partial charge < -0.3 is 10.4 Å². The third-order valence-electron chi connectivity index (χ3n) is 4.75. The predicted molar refractivity (Wildman–Crippen MR) is 91.9 cm³/mol. The van der Waals surface area contributed by atoms with Gasteiger partial charge in [-0.1, -0.05) is 32.1 Å². The van der Waals surface area contributed by atoms with Crippen LogP contribution in [0, 0.1) is 5.92 Å². The van der Waals surface area contributed by atoms with Crippen LogP contribution in [-0.4, -0.2) is 32.8 Å². The molecule has 0 aliphatic heterocycles. The van der Waals surface area contributed by atoms with E-state index in [0.29, 0.717) is 18.0 Å². The van der Waals surface area contributed by atoms with Gasteiger partial charge in [0.05, 0.1) is 0 Å². The van der Waals surface area contributed by atoms with Crippen LogP contribution < -0.4 is 5.32 Å². The third kappa shape index (κ3) is 5.65. The summed E-state index contributed by atoms with van der Waals surface area (Å²) in [6, 6.07) is 1.82. The smallest absolute Gasteiger partial charge is 0.303 e. The van der Waals surface area contributed by atoms with Gasteiger partial charge in [-0.3, -0.25) is 14.3 Å². The van der Waals surface area contributed by atoms with E-state index in [2.05, 4.69) is 10.4 Å². The van der Waals surface area contributed by atoms with Crippen molar-refractivity contribution in [1.29, 1.82) is 0 Å². The van der Waals surface area contributed by atoms with E-state index in [1.165, 1.54) is 32.1 Å². The summed E-state index contributed by atoms with van der Waals surface area (Å²) in [7, 11) is 0. The van der Waals surface area contributed by atoms with Gasteiger partial charge in [0, 0.05) is 24.7 Å². The Balaban J connectivity index is 1.96. The van der Waals surface area contributed by atoms with E-state index < -0.39 is 5.97 Å². The van der Waals surface area contributed by atoms with Crippen LogP contribution in [0.1, 0.15) is 81.7 Å². The zero-order valence-corrected chi connectivity index (χ0v) is 14.7. The van der Waals surface area contributed by atoms with Crippen molar-refractivity contribution < 1.29 is 14.7 Å². The first-order chi connectivity index (χ1) is 11.5. The second-order valence-electron chi connectivity index (χ2n) is 7.12. The van der Waals surface area contributed by atoms with Crippen molar-refractivity contribution in [2.75, 3.05) is 0 Å². The van der Waals surface area contributed by atoms with Crippen LogP contribution in [0.3, 0.4) is 0 Å². The van der Waals surface area contributed by atoms with Crippen LogP contribution in [0.5, 0.6) is 0 Å². The van der Waals surface area contributed by atoms with Gasteiger partial charge in [-0.2, -0.15) is 5.10 Å². The van der Waals surface area contributed by atoms with Crippen LogP contribution >= 0.6 is 0 Å². The van der Waals surface area contributed by atoms with Crippen LogP contribution in [-0.2, 0) is 4.79 Å². The number of hydrogen-bond donors (Lipinski definition) is 2. The Hall–Kier alpha value is -1.85. The van der Waals surface area contributed by atoms with Crippen LogP contribution in [0.25, 0.3) is 0 Å². The van der Waals surface area contributed by atoms with Crippen molar-refractivity contribution >= 4 is 11.9 Å². The van der Waals surface area contributed by atoms with Crippen molar-refractivity contribution in [3.8, 4) is 0 Å². The molecule has 1 aromatic rings. The molecule has 0 radical (unpaired) electrons. The maximum absolute atomic E-state index is 12.4. The monoisotopic (exact) mass is 335 g/mol. The maximum atomic E-state index is 12.4. The van der Waals surface area contributed by atoms with Crippen molar-refractivity contribution in [2.45, 2.75) is 77.3 Å². The highest BCUT2D eigenvalue weighted by Crippen LogP contribution is 2.28. The van der Waals surface area contributed by atoms with E-state index in [-0.39, 0.29) is 24.4 Å². The molecule has 0 bridgehead atoms. The van der Waals surface area contributed by atoms with Gasteiger partial charge in [-0.15, -0.1) is 0 Å². The van der Waals surface area contributed by atoms with Gasteiger partial charge in [-0.25, -0.2) is 0 Å². The number of aliphatic carboxylic acids is 1. The maximum Gasteiger partial charge on any atom is 0.303 e. The first-order valence-corrected chi connectivity index (χ1v) is 9.03. The number of nitrogens with one attached hydrogen (secondary N) is 1. The molecule has 1 fully saturated rings. The lowest BCUT2D eigenvalue weighted by atomic mass is 9.84. The Bertz CT molecular complexity index is 547. The molecule has 1 aromatic heterocycles. The number of carbonyl (C=O) groups is 2. The van der Waals surface area contributed by atoms with Crippen LogP contribution in [0.15, 0.2) is 12.3 Å². The molecule has 1 atom stereocenters. The normalized spacial score (nSPS) is 17.0. The summed E-state index contributed by atoms with van der Waals surface area (Å²) in [6.07, 6.45) is 9.35. The lowest BCUT2D eigenvalue weighted by Gasteiger charge is -2.26. The molecule has 1 aliphatic carbocycles. The summed E-state index contributed by atoms with van der Waals surface area (Å²) in [5.74, 6) is -0.436. The second kappa shape index (κ2) is 8.85. The summed E-state index contributed by atoms with van der Waals surface area (Å²) in [5.41, 5.74) is 0.396. The van der Waals surface area contributed by atoms with Crippen LogP contribution in [0.2, 0.25) is 0 Å². The van der Waals surface area contributed by atoms with Gasteiger partial charge in [-0.05, 0) is 38.7 Å². The molecule has 0 saturated heterocycles. The molecule has 1 heterocycles. The van der Waals surface area contributed by atoms with E-state index in [1.807, 2.05) is 13.8 Å². The largest absolute Gasteiger partial charge is 0.481 e. The molecule has 6 nitrogen and oxygen atoms in total. The van der Waals surface area contributed by atoms with Crippen molar-refractivity contribution in [3.63, 3.8) is 0 Å². The number of carbonyl (C=O) groups excluding carboxylic acids is 1. The molecule has 1 aliphatic rings. The Morgan fingerprint density at radius 2 is 2.04 bits per heavy atom. The predicted octanol–water partition coefficient (Wildman–Crippen LogP) is 3.40. The lowest BCUT2D eigenvalue weighted by molar-refractivity contribution is -0.137. The van der Waals surface area contributed by atoms with Crippen molar-refractivity contribution in [2.24, 2.45) is 5.92 Å². The van der Waals surface area contributed by atoms with E-state index in [4.69, 9.17) is 5.11 Å². The minimum Gasteiger partial charge on any atom is -0.481 e. The fourth-order valence-electron chi connectivity index (χ4n) is 3.38. The second-order valence-corrected chi connectivity index (χ2v) is 7.12. The molecule has 1 unspecified atom stereocenters. The van der Waals surface area contributed by atoms with Crippen molar-refractivity contribution in [3.05, 3.63) is 18.0 Å². The van der Waals surface area contributed by atoms with Crippen LogP contribution in [0.4, 0.5) is 0 Å². The average molecular weight is 335 g/mol. The van der Waals surface area contributed by atoms with E-state index >= 15 is 0 Å². The summed E-state index contributed by atoms with van der Waals surface area (Å²) in [4.78, 5) is 23.3. The Kier molecular flexibility index (Phi) is 6.82. The minimum absolute atomic E-state index is 0.0814. The summed E-state index contributed by atoms with van der Waals surface area (Å²) < 4.78 is 1.75. The number of aromatic nitrogens is 2. The number of carboxylic acids is 1. The summed E-state index contributed by atoms with van der Waals surface area (Å²) in [6.45, 7) is 4.01. The zero-order valence-electron chi connectivity index (χ0n) is 14.7. The molecule has 2 N–H and O–H groups in total. The molecular formula is C18H29N3O3. The highest BCUT2D eigenvalue weighted by Gasteiger charge is 2.22. The van der Waals surface area contributed by atoms with Gasteiger partial charge >= 0.3 is 5.97 Å². The number of amides is 1. The van der Waals surface area contributed by atoms with E-state index in [9.17, 15) is 9.59 Å². The minimum atomic E-state index is -0.818. The molecule has 24 heavy (non-hydrogen) atoms. The van der Waals surface area contributed by atoms with Gasteiger partial charge in [0.1, 0.15) is 5.69 Å². The van der Waals surface area contributed by atoms with E-state index in [1.54, 1.807) is 16.9 Å². The molecule has 0 aromatic carbocycles. The fourth-order valence-corrected chi connectivity index (χ4v) is 3.38. The third-order valence-corrected chi connectivity index (χ3v) is 4.75. The number of nitrogens with zero attached hydrogens (tertiary/aromatic N) is 2. The van der Waals surface area contributed by atoms with Gasteiger partial charge in [0.2, 0.25) is 0 Å². The molecule has 0 spiro atoms. The average Bonchev–Trinajstić information content (AvgIpc) is 3.04. The zero-order chi connectivity index (χ0) is 17.5. The van der Waals surface area contributed by atoms with E-state index in [0.717, 1.165) is 6.42 Å². The number of hydrogen-bond acceptors (Lipinski definition) is 3. The SMILES string of the molecule is CC(C)n1ccc(C(=O)NC(CCC(=O)O)CC2CCCCC2)n1. The Morgan fingerprint density at radius 3 is 2.62 bits per heavy atom. The quantitative estimate of drug-likeness (QED) is 0.762. The standard InChI is InChI=1S/C18H29N3O3/c1-13(2)21-11-10-16(20-21)18(24)19-15(8-9-17(22)23)12-14-6-4-3-5-7-14/h10-11,13-15H,3-9,12H2,1-2H3,(H,19,24)(H,22,23). The first kappa shape index (κ1) is 18.5. The lowest BCUT2D eigenvalue weighted by Crippen LogP contribution is -2.37. The molecule has 1 amide bonds. The Labute approximate surface area is 143 Å².